The Hall–Kier alpha value is -3.15. The molecule has 0 unspecified atom stereocenters. The van der Waals surface area contributed by atoms with Crippen LogP contribution in [-0.4, -0.2) is 16.6 Å². The molecule has 2 aromatic heterocycles. The van der Waals surface area contributed by atoms with E-state index in [1.165, 1.54) is 4.90 Å². The van der Waals surface area contributed by atoms with Crippen molar-refractivity contribution < 1.29 is 14.1 Å². The fourth-order valence-electron chi connectivity index (χ4n) is 1.95. The van der Waals surface area contributed by atoms with Crippen LogP contribution in [-0.2, 0) is 4.79 Å². The number of aromatic nitrogens is 2. The number of anilines is 2. The number of pyridine rings is 1. The quantitative estimate of drug-likeness (QED) is 0.674. The minimum absolute atomic E-state index is 0.307. The van der Waals surface area contributed by atoms with E-state index < -0.39 is 0 Å². The molecule has 2 heterocycles. The maximum absolute atomic E-state index is 11.5. The van der Waals surface area contributed by atoms with Crippen molar-refractivity contribution in [2.45, 2.75) is 6.92 Å². The van der Waals surface area contributed by atoms with Crippen LogP contribution in [0.1, 0.15) is 5.76 Å². The van der Waals surface area contributed by atoms with Gasteiger partial charge in [0.1, 0.15) is 17.2 Å². The molecular weight excluding hydrogens is 282 g/mol. The first-order valence-electron chi connectivity index (χ1n) is 6.63. The summed E-state index contributed by atoms with van der Waals surface area (Å²) >= 11 is 0. The van der Waals surface area contributed by atoms with Gasteiger partial charge in [-0.3, -0.25) is 9.69 Å². The van der Waals surface area contributed by atoms with Crippen molar-refractivity contribution in [3.63, 3.8) is 0 Å². The SMILES string of the molecule is Cc1cc(N(C=O)c2cccnc2Oc2ccccc2)no1. The van der Waals surface area contributed by atoms with Gasteiger partial charge in [-0.15, -0.1) is 0 Å². The topological polar surface area (TPSA) is 68.5 Å². The first-order valence-corrected chi connectivity index (χ1v) is 6.63. The molecule has 0 atom stereocenters. The zero-order chi connectivity index (χ0) is 15.4. The number of para-hydroxylation sites is 1. The van der Waals surface area contributed by atoms with E-state index in [-0.39, 0.29) is 0 Å². The number of hydrogen-bond acceptors (Lipinski definition) is 5. The van der Waals surface area contributed by atoms with E-state index in [0.29, 0.717) is 35.3 Å². The van der Waals surface area contributed by atoms with E-state index in [1.54, 1.807) is 31.3 Å². The lowest BCUT2D eigenvalue weighted by atomic mass is 10.3. The molecule has 3 aromatic rings. The molecule has 0 aliphatic carbocycles. The molecular formula is C16H13N3O3. The minimum Gasteiger partial charge on any atom is -0.437 e. The summed E-state index contributed by atoms with van der Waals surface area (Å²) in [4.78, 5) is 17.0. The summed E-state index contributed by atoms with van der Waals surface area (Å²) in [7, 11) is 0. The molecule has 22 heavy (non-hydrogen) atoms. The largest absolute Gasteiger partial charge is 0.437 e. The predicted octanol–water partition coefficient (Wildman–Crippen LogP) is 3.46. The monoisotopic (exact) mass is 295 g/mol. The number of carbonyl (C=O) groups excluding carboxylic acids is 1. The first kappa shape index (κ1) is 13.8. The van der Waals surface area contributed by atoms with Gasteiger partial charge in [-0.05, 0) is 31.2 Å². The van der Waals surface area contributed by atoms with Crippen LogP contribution in [0.2, 0.25) is 0 Å². The third-order valence-corrected chi connectivity index (χ3v) is 2.94. The molecule has 0 bridgehead atoms. The molecule has 6 heteroatoms. The average molecular weight is 295 g/mol. The van der Waals surface area contributed by atoms with E-state index >= 15 is 0 Å². The summed E-state index contributed by atoms with van der Waals surface area (Å²) < 4.78 is 10.8. The molecule has 1 amide bonds. The Morgan fingerprint density at radius 1 is 1.18 bits per heavy atom. The molecule has 6 nitrogen and oxygen atoms in total. The maximum Gasteiger partial charge on any atom is 0.243 e. The van der Waals surface area contributed by atoms with Gasteiger partial charge in [0.05, 0.1) is 0 Å². The first-order chi connectivity index (χ1) is 10.8. The Kier molecular flexibility index (Phi) is 3.82. The zero-order valence-electron chi connectivity index (χ0n) is 11.8. The van der Waals surface area contributed by atoms with Gasteiger partial charge in [-0.1, -0.05) is 23.4 Å². The molecule has 0 fully saturated rings. The second-order valence-corrected chi connectivity index (χ2v) is 4.51. The minimum atomic E-state index is 0.307. The number of hydrogen-bond donors (Lipinski definition) is 0. The van der Waals surface area contributed by atoms with Crippen LogP contribution in [0.15, 0.2) is 59.3 Å². The Balaban J connectivity index is 1.98. The van der Waals surface area contributed by atoms with Gasteiger partial charge < -0.3 is 9.26 Å². The molecule has 0 spiro atoms. The number of carbonyl (C=O) groups is 1. The molecule has 0 N–H and O–H groups in total. The third-order valence-electron chi connectivity index (χ3n) is 2.94. The Bertz CT molecular complexity index is 771. The molecule has 0 aliphatic heterocycles. The number of rotatable bonds is 5. The van der Waals surface area contributed by atoms with Crippen molar-refractivity contribution in [2.24, 2.45) is 0 Å². The Labute approximate surface area is 126 Å². The lowest BCUT2D eigenvalue weighted by Gasteiger charge is -2.16. The van der Waals surface area contributed by atoms with Crippen LogP contribution in [0.4, 0.5) is 11.5 Å². The smallest absolute Gasteiger partial charge is 0.243 e. The van der Waals surface area contributed by atoms with Gasteiger partial charge in [0.15, 0.2) is 5.82 Å². The van der Waals surface area contributed by atoms with Crippen molar-refractivity contribution in [1.29, 1.82) is 0 Å². The van der Waals surface area contributed by atoms with Gasteiger partial charge in [-0.25, -0.2) is 4.98 Å². The second-order valence-electron chi connectivity index (χ2n) is 4.51. The lowest BCUT2D eigenvalue weighted by Crippen LogP contribution is -2.15. The van der Waals surface area contributed by atoms with Crippen LogP contribution in [0.5, 0.6) is 11.6 Å². The van der Waals surface area contributed by atoms with E-state index in [0.717, 1.165) is 0 Å². The number of amides is 1. The summed E-state index contributed by atoms with van der Waals surface area (Å²) in [6.07, 6.45) is 2.24. The molecule has 1 aromatic carbocycles. The van der Waals surface area contributed by atoms with Crippen molar-refractivity contribution in [3.05, 3.63) is 60.5 Å². The average Bonchev–Trinajstić information content (AvgIpc) is 2.97. The summed E-state index contributed by atoms with van der Waals surface area (Å²) in [5.74, 6) is 1.92. The van der Waals surface area contributed by atoms with Crippen LogP contribution in [0.3, 0.4) is 0 Å². The highest BCUT2D eigenvalue weighted by Crippen LogP contribution is 2.33. The number of aryl methyl sites for hydroxylation is 1. The van der Waals surface area contributed by atoms with Crippen LogP contribution < -0.4 is 9.64 Å². The molecule has 0 saturated heterocycles. The van der Waals surface area contributed by atoms with Crippen molar-refractivity contribution >= 4 is 17.9 Å². The second kappa shape index (κ2) is 6.09. The zero-order valence-corrected chi connectivity index (χ0v) is 11.8. The van der Waals surface area contributed by atoms with Crippen molar-refractivity contribution in [2.75, 3.05) is 4.90 Å². The van der Waals surface area contributed by atoms with Gasteiger partial charge in [-0.2, -0.15) is 0 Å². The summed E-state index contributed by atoms with van der Waals surface area (Å²) in [5, 5.41) is 3.85. The maximum atomic E-state index is 11.5. The molecule has 0 radical (unpaired) electrons. The number of ether oxygens (including phenoxy) is 1. The lowest BCUT2D eigenvalue weighted by molar-refractivity contribution is -0.106. The highest BCUT2D eigenvalue weighted by Gasteiger charge is 2.18. The van der Waals surface area contributed by atoms with Crippen LogP contribution in [0, 0.1) is 6.92 Å². The Morgan fingerprint density at radius 2 is 2.00 bits per heavy atom. The third kappa shape index (κ3) is 2.80. The van der Waals surface area contributed by atoms with Crippen LogP contribution in [0.25, 0.3) is 0 Å². The fraction of sp³-hybridized carbons (Fsp3) is 0.0625. The highest BCUT2D eigenvalue weighted by molar-refractivity contribution is 5.86. The highest BCUT2D eigenvalue weighted by atomic mass is 16.5. The van der Waals surface area contributed by atoms with Crippen molar-refractivity contribution in [3.8, 4) is 11.6 Å². The summed E-state index contributed by atoms with van der Waals surface area (Å²) in [6.45, 7) is 1.75. The van der Waals surface area contributed by atoms with E-state index in [2.05, 4.69) is 10.1 Å². The van der Waals surface area contributed by atoms with Gasteiger partial charge in [0, 0.05) is 12.3 Å². The van der Waals surface area contributed by atoms with Crippen molar-refractivity contribution in [1.82, 2.24) is 10.1 Å². The normalized spacial score (nSPS) is 10.2. The molecule has 110 valence electrons. The summed E-state index contributed by atoms with van der Waals surface area (Å²) in [6, 6.07) is 14.3. The number of nitrogens with zero attached hydrogens (tertiary/aromatic N) is 3. The van der Waals surface area contributed by atoms with Gasteiger partial charge >= 0.3 is 0 Å². The van der Waals surface area contributed by atoms with Crippen LogP contribution >= 0.6 is 0 Å². The summed E-state index contributed by atoms with van der Waals surface area (Å²) in [5.41, 5.74) is 0.481. The van der Waals surface area contributed by atoms with Gasteiger partial charge in [0.25, 0.3) is 0 Å². The Morgan fingerprint density at radius 3 is 2.68 bits per heavy atom. The fourth-order valence-corrected chi connectivity index (χ4v) is 1.95. The van der Waals surface area contributed by atoms with Gasteiger partial charge in [0.2, 0.25) is 12.3 Å². The predicted molar refractivity (Wildman–Crippen MR) is 80.2 cm³/mol. The molecule has 0 saturated carbocycles. The van der Waals surface area contributed by atoms with E-state index in [1.807, 2.05) is 30.3 Å². The molecule has 0 aliphatic rings. The number of benzene rings is 1. The van der Waals surface area contributed by atoms with E-state index in [4.69, 9.17) is 9.26 Å². The molecule has 3 rings (SSSR count). The standard InChI is InChI=1S/C16H13N3O3/c1-12-10-15(18-22-12)19(11-20)14-8-5-9-17-16(14)21-13-6-3-2-4-7-13/h2-11H,1H3. The van der Waals surface area contributed by atoms with E-state index in [9.17, 15) is 4.79 Å².